The maximum absolute atomic E-state index is 13.1. The van der Waals surface area contributed by atoms with E-state index >= 15 is 0 Å². The molecule has 0 aromatic heterocycles. The molecule has 1 aliphatic rings. The zero-order chi connectivity index (χ0) is 24.2. The van der Waals surface area contributed by atoms with Crippen molar-refractivity contribution in [3.05, 3.63) is 53.6 Å². The molecule has 178 valence electrons. The zero-order valence-electron chi connectivity index (χ0n) is 19.4. The standard InChI is InChI=1S/C24H31N3O5S/c1-16(2)13-22(24(29)25-15-18-5-7-20(32-4)8-6-18)26-33(30,31)21-9-10-23-19(14-21)11-12-27(23)17(3)28/h5-10,14,16,22,26H,11-13,15H2,1-4H3,(H,25,29)/t22-/m0/s1. The summed E-state index contributed by atoms with van der Waals surface area (Å²) >= 11 is 0. The summed E-state index contributed by atoms with van der Waals surface area (Å²) in [5, 5.41) is 2.83. The first-order valence-corrected chi connectivity index (χ1v) is 12.4. The van der Waals surface area contributed by atoms with Gasteiger partial charge in [-0.3, -0.25) is 9.59 Å². The number of sulfonamides is 1. The van der Waals surface area contributed by atoms with Crippen LogP contribution in [0.2, 0.25) is 0 Å². The molecule has 0 radical (unpaired) electrons. The molecule has 0 aliphatic carbocycles. The average Bonchev–Trinajstić information content (AvgIpc) is 3.20. The van der Waals surface area contributed by atoms with E-state index in [1.807, 2.05) is 26.0 Å². The Balaban J connectivity index is 1.73. The summed E-state index contributed by atoms with van der Waals surface area (Å²) in [5.74, 6) is 0.366. The van der Waals surface area contributed by atoms with E-state index in [0.717, 1.165) is 22.6 Å². The Labute approximate surface area is 195 Å². The highest BCUT2D eigenvalue weighted by molar-refractivity contribution is 7.89. The Morgan fingerprint density at radius 1 is 1.12 bits per heavy atom. The Morgan fingerprint density at radius 2 is 1.82 bits per heavy atom. The molecule has 2 amide bonds. The van der Waals surface area contributed by atoms with Gasteiger partial charge in [-0.05, 0) is 60.2 Å². The topological polar surface area (TPSA) is 105 Å². The zero-order valence-corrected chi connectivity index (χ0v) is 20.2. The fourth-order valence-corrected chi connectivity index (χ4v) is 5.12. The van der Waals surface area contributed by atoms with Gasteiger partial charge in [0, 0.05) is 25.7 Å². The van der Waals surface area contributed by atoms with Gasteiger partial charge in [0.05, 0.1) is 12.0 Å². The van der Waals surface area contributed by atoms with Crippen molar-refractivity contribution in [2.45, 2.75) is 51.1 Å². The monoisotopic (exact) mass is 473 g/mol. The molecule has 0 spiro atoms. The Kier molecular flexibility index (Phi) is 7.76. The number of carbonyl (C=O) groups excluding carboxylic acids is 2. The van der Waals surface area contributed by atoms with E-state index in [0.29, 0.717) is 19.4 Å². The molecule has 0 bridgehead atoms. The minimum atomic E-state index is -3.93. The number of fused-ring (bicyclic) bond motifs is 1. The van der Waals surface area contributed by atoms with E-state index in [4.69, 9.17) is 4.74 Å². The summed E-state index contributed by atoms with van der Waals surface area (Å²) in [4.78, 5) is 26.4. The van der Waals surface area contributed by atoms with Gasteiger partial charge < -0.3 is 15.0 Å². The van der Waals surface area contributed by atoms with Crippen molar-refractivity contribution in [1.29, 1.82) is 0 Å². The third-order valence-corrected chi connectivity index (χ3v) is 7.05. The van der Waals surface area contributed by atoms with Crippen LogP contribution in [-0.4, -0.2) is 39.9 Å². The molecule has 0 unspecified atom stereocenters. The number of nitrogens with one attached hydrogen (secondary N) is 2. The van der Waals surface area contributed by atoms with Crippen LogP contribution in [-0.2, 0) is 32.6 Å². The summed E-state index contributed by atoms with van der Waals surface area (Å²) in [6.45, 7) is 6.17. The van der Waals surface area contributed by atoms with Gasteiger partial charge in [0.1, 0.15) is 11.8 Å². The lowest BCUT2D eigenvalue weighted by molar-refractivity contribution is -0.123. The first kappa shape index (κ1) is 24.7. The maximum Gasteiger partial charge on any atom is 0.241 e. The van der Waals surface area contributed by atoms with Gasteiger partial charge in [-0.1, -0.05) is 26.0 Å². The molecule has 0 fully saturated rings. The molecule has 1 aliphatic heterocycles. The smallest absolute Gasteiger partial charge is 0.241 e. The Bertz CT molecular complexity index is 1110. The number of hydrogen-bond donors (Lipinski definition) is 2. The Morgan fingerprint density at radius 3 is 2.42 bits per heavy atom. The number of rotatable bonds is 9. The third kappa shape index (κ3) is 6.11. The van der Waals surface area contributed by atoms with Gasteiger partial charge in [-0.15, -0.1) is 0 Å². The van der Waals surface area contributed by atoms with Crippen molar-refractivity contribution >= 4 is 27.5 Å². The van der Waals surface area contributed by atoms with Gasteiger partial charge in [0.15, 0.2) is 0 Å². The highest BCUT2D eigenvalue weighted by Gasteiger charge is 2.29. The first-order valence-electron chi connectivity index (χ1n) is 10.9. The number of benzene rings is 2. The van der Waals surface area contributed by atoms with E-state index < -0.39 is 16.1 Å². The second kappa shape index (κ2) is 10.4. The van der Waals surface area contributed by atoms with Crippen LogP contribution >= 0.6 is 0 Å². The second-order valence-electron chi connectivity index (χ2n) is 8.58. The molecule has 1 heterocycles. The highest BCUT2D eigenvalue weighted by Crippen LogP contribution is 2.30. The maximum atomic E-state index is 13.1. The van der Waals surface area contributed by atoms with E-state index in [9.17, 15) is 18.0 Å². The Hall–Kier alpha value is -2.91. The molecular weight excluding hydrogens is 442 g/mol. The SMILES string of the molecule is COc1ccc(CNC(=O)[C@H](CC(C)C)NS(=O)(=O)c2ccc3c(c2)CCN3C(C)=O)cc1. The summed E-state index contributed by atoms with van der Waals surface area (Å²) in [6.07, 6.45) is 0.951. The number of methoxy groups -OCH3 is 1. The number of anilines is 1. The van der Waals surface area contributed by atoms with Gasteiger partial charge in [0.25, 0.3) is 0 Å². The molecule has 1 atom stereocenters. The van der Waals surface area contributed by atoms with Crippen molar-refractivity contribution in [2.24, 2.45) is 5.92 Å². The van der Waals surface area contributed by atoms with Crippen LogP contribution in [0.1, 0.15) is 38.3 Å². The van der Waals surface area contributed by atoms with Gasteiger partial charge >= 0.3 is 0 Å². The van der Waals surface area contributed by atoms with E-state index in [1.165, 1.54) is 13.0 Å². The molecule has 3 rings (SSSR count). The minimum Gasteiger partial charge on any atom is -0.497 e. The van der Waals surface area contributed by atoms with Gasteiger partial charge in [-0.2, -0.15) is 4.72 Å². The van der Waals surface area contributed by atoms with Crippen LogP contribution < -0.4 is 19.7 Å². The fourth-order valence-electron chi connectivity index (χ4n) is 3.86. The predicted molar refractivity (Wildman–Crippen MR) is 127 cm³/mol. The normalized spacial score (nSPS) is 14.2. The summed E-state index contributed by atoms with van der Waals surface area (Å²) < 4.78 is 33.9. The van der Waals surface area contributed by atoms with E-state index in [1.54, 1.807) is 36.3 Å². The van der Waals surface area contributed by atoms with Crippen molar-refractivity contribution in [2.75, 3.05) is 18.6 Å². The predicted octanol–water partition coefficient (Wildman–Crippen LogP) is 2.61. The number of amides is 2. The first-order chi connectivity index (χ1) is 15.6. The molecule has 33 heavy (non-hydrogen) atoms. The van der Waals surface area contributed by atoms with Crippen molar-refractivity contribution in [3.8, 4) is 5.75 Å². The average molecular weight is 474 g/mol. The number of carbonyl (C=O) groups is 2. The molecule has 2 aromatic carbocycles. The molecule has 0 saturated carbocycles. The van der Waals surface area contributed by atoms with Crippen LogP contribution in [0, 0.1) is 5.92 Å². The van der Waals surface area contributed by atoms with E-state index in [2.05, 4.69) is 10.0 Å². The van der Waals surface area contributed by atoms with Crippen molar-refractivity contribution in [3.63, 3.8) is 0 Å². The van der Waals surface area contributed by atoms with Crippen LogP contribution in [0.3, 0.4) is 0 Å². The lowest BCUT2D eigenvalue weighted by atomic mass is 10.0. The van der Waals surface area contributed by atoms with Crippen LogP contribution in [0.4, 0.5) is 5.69 Å². The molecule has 9 heteroatoms. The van der Waals surface area contributed by atoms with Crippen LogP contribution in [0.15, 0.2) is 47.4 Å². The molecule has 2 N–H and O–H groups in total. The number of nitrogens with zero attached hydrogens (tertiary/aromatic N) is 1. The second-order valence-corrected chi connectivity index (χ2v) is 10.3. The number of ether oxygens (including phenoxy) is 1. The molecule has 0 saturated heterocycles. The summed E-state index contributed by atoms with van der Waals surface area (Å²) in [7, 11) is -2.35. The lowest BCUT2D eigenvalue weighted by Crippen LogP contribution is -2.47. The van der Waals surface area contributed by atoms with Gasteiger partial charge in [-0.25, -0.2) is 8.42 Å². The van der Waals surface area contributed by atoms with Crippen molar-refractivity contribution in [1.82, 2.24) is 10.0 Å². The lowest BCUT2D eigenvalue weighted by Gasteiger charge is -2.21. The summed E-state index contributed by atoms with van der Waals surface area (Å²) in [6, 6.07) is 11.1. The minimum absolute atomic E-state index is 0.0759. The number of hydrogen-bond acceptors (Lipinski definition) is 5. The molecule has 2 aromatic rings. The molecule has 8 nitrogen and oxygen atoms in total. The van der Waals surface area contributed by atoms with Crippen LogP contribution in [0.5, 0.6) is 5.75 Å². The summed E-state index contributed by atoms with van der Waals surface area (Å²) in [5.41, 5.74) is 2.42. The quantitative estimate of drug-likeness (QED) is 0.583. The van der Waals surface area contributed by atoms with Crippen molar-refractivity contribution < 1.29 is 22.7 Å². The van der Waals surface area contributed by atoms with E-state index in [-0.39, 0.29) is 29.2 Å². The fraction of sp³-hybridized carbons (Fsp3) is 0.417. The highest BCUT2D eigenvalue weighted by atomic mass is 32.2. The largest absolute Gasteiger partial charge is 0.497 e. The van der Waals surface area contributed by atoms with Gasteiger partial charge in [0.2, 0.25) is 21.8 Å². The van der Waals surface area contributed by atoms with Crippen LogP contribution in [0.25, 0.3) is 0 Å². The third-order valence-electron chi connectivity index (χ3n) is 5.58. The molecular formula is C24H31N3O5S.